The number of carboxylic acid groups (broad SMARTS) is 1. The van der Waals surface area contributed by atoms with Gasteiger partial charge in [-0.2, -0.15) is 0 Å². The first-order valence-corrected chi connectivity index (χ1v) is 7.31. The van der Waals surface area contributed by atoms with E-state index < -0.39 is 16.0 Å². The van der Waals surface area contributed by atoms with Crippen LogP contribution < -0.4 is 4.72 Å². The Morgan fingerprint density at radius 3 is 2.61 bits per heavy atom. The summed E-state index contributed by atoms with van der Waals surface area (Å²) in [7, 11) is -3.61. The van der Waals surface area contributed by atoms with E-state index in [2.05, 4.69) is 4.72 Å². The third-order valence-corrected chi connectivity index (χ3v) is 4.49. The summed E-state index contributed by atoms with van der Waals surface area (Å²) in [4.78, 5) is 11.0. The van der Waals surface area contributed by atoms with E-state index in [-0.39, 0.29) is 16.5 Å². The zero-order chi connectivity index (χ0) is 13.3. The van der Waals surface area contributed by atoms with Crippen LogP contribution in [-0.4, -0.2) is 25.5 Å². The van der Waals surface area contributed by atoms with E-state index in [4.69, 9.17) is 5.11 Å². The van der Waals surface area contributed by atoms with Gasteiger partial charge in [-0.05, 0) is 37.0 Å². The smallest absolute Gasteiger partial charge is 0.335 e. The molecule has 98 valence electrons. The molecule has 0 saturated heterocycles. The van der Waals surface area contributed by atoms with E-state index in [0.717, 1.165) is 12.8 Å². The first-order valence-electron chi connectivity index (χ1n) is 5.82. The molecule has 6 heteroatoms. The second kappa shape index (κ2) is 4.70. The predicted molar refractivity (Wildman–Crippen MR) is 66.1 cm³/mol. The van der Waals surface area contributed by atoms with Crippen LogP contribution in [-0.2, 0) is 16.4 Å². The Hall–Kier alpha value is -1.40. The summed E-state index contributed by atoms with van der Waals surface area (Å²) < 4.78 is 26.8. The van der Waals surface area contributed by atoms with Crippen LogP contribution in [0.1, 0.15) is 35.7 Å². The van der Waals surface area contributed by atoms with Crippen LogP contribution in [0.25, 0.3) is 0 Å². The quantitative estimate of drug-likeness (QED) is 0.846. The van der Waals surface area contributed by atoms with Gasteiger partial charge in [0.15, 0.2) is 0 Å². The molecule has 1 aliphatic rings. The molecule has 0 amide bonds. The van der Waals surface area contributed by atoms with E-state index >= 15 is 0 Å². The van der Waals surface area contributed by atoms with Crippen molar-refractivity contribution >= 4 is 16.0 Å². The Morgan fingerprint density at radius 1 is 1.44 bits per heavy atom. The minimum Gasteiger partial charge on any atom is -0.478 e. The highest BCUT2D eigenvalue weighted by atomic mass is 32.2. The van der Waals surface area contributed by atoms with Crippen LogP contribution in [0.15, 0.2) is 23.1 Å². The predicted octanol–water partition coefficient (Wildman–Crippen LogP) is 1.39. The van der Waals surface area contributed by atoms with Crippen molar-refractivity contribution in [1.82, 2.24) is 4.72 Å². The fourth-order valence-electron chi connectivity index (χ4n) is 1.71. The average molecular weight is 269 g/mol. The summed E-state index contributed by atoms with van der Waals surface area (Å²) in [6.45, 7) is 1.84. The van der Waals surface area contributed by atoms with E-state index in [1.807, 2.05) is 6.92 Å². The van der Waals surface area contributed by atoms with Gasteiger partial charge >= 0.3 is 5.97 Å². The second-order valence-electron chi connectivity index (χ2n) is 4.38. The minimum atomic E-state index is -3.61. The summed E-state index contributed by atoms with van der Waals surface area (Å²) in [5.74, 6) is -1.12. The highest BCUT2D eigenvalue weighted by Gasteiger charge is 2.29. The van der Waals surface area contributed by atoms with Crippen molar-refractivity contribution in [3.63, 3.8) is 0 Å². The van der Waals surface area contributed by atoms with Crippen LogP contribution in [0.4, 0.5) is 0 Å². The highest BCUT2D eigenvalue weighted by Crippen LogP contribution is 2.24. The number of aryl methyl sites for hydroxylation is 1. The van der Waals surface area contributed by atoms with Gasteiger partial charge in [-0.3, -0.25) is 0 Å². The average Bonchev–Trinajstić information content (AvgIpc) is 3.11. The van der Waals surface area contributed by atoms with Crippen LogP contribution in [0.5, 0.6) is 0 Å². The lowest BCUT2D eigenvalue weighted by Crippen LogP contribution is -2.27. The van der Waals surface area contributed by atoms with Gasteiger partial charge in [0.25, 0.3) is 0 Å². The molecule has 0 spiro atoms. The molecule has 18 heavy (non-hydrogen) atoms. The Balaban J connectivity index is 2.45. The van der Waals surface area contributed by atoms with E-state index in [1.165, 1.54) is 12.1 Å². The van der Waals surface area contributed by atoms with Crippen molar-refractivity contribution in [1.29, 1.82) is 0 Å². The van der Waals surface area contributed by atoms with E-state index in [9.17, 15) is 13.2 Å². The molecule has 1 saturated carbocycles. The van der Waals surface area contributed by atoms with Crippen LogP contribution >= 0.6 is 0 Å². The first kappa shape index (κ1) is 13.0. The van der Waals surface area contributed by atoms with Crippen LogP contribution in [0.2, 0.25) is 0 Å². The van der Waals surface area contributed by atoms with Gasteiger partial charge < -0.3 is 5.11 Å². The molecule has 0 atom stereocenters. The van der Waals surface area contributed by atoms with E-state index in [0.29, 0.717) is 12.0 Å². The monoisotopic (exact) mass is 269 g/mol. The van der Waals surface area contributed by atoms with Crippen molar-refractivity contribution in [2.45, 2.75) is 37.1 Å². The topological polar surface area (TPSA) is 83.5 Å². The first-order chi connectivity index (χ1) is 8.44. The number of nitrogens with one attached hydrogen (secondary N) is 1. The van der Waals surface area contributed by atoms with Crippen LogP contribution in [0, 0.1) is 0 Å². The molecule has 5 nitrogen and oxygen atoms in total. The molecule has 0 radical (unpaired) electrons. The molecule has 1 aliphatic carbocycles. The summed E-state index contributed by atoms with van der Waals surface area (Å²) in [5, 5.41) is 8.92. The molecule has 1 fully saturated rings. The summed E-state index contributed by atoms with van der Waals surface area (Å²) in [6.07, 6.45) is 2.24. The lowest BCUT2D eigenvalue weighted by molar-refractivity contribution is 0.0696. The zero-order valence-electron chi connectivity index (χ0n) is 10.0. The van der Waals surface area contributed by atoms with Gasteiger partial charge in [0.05, 0.1) is 10.5 Å². The standard InChI is InChI=1S/C12H15NO4S/c1-2-8-3-4-9(12(14)15)7-11(8)18(16,17)13-10-5-6-10/h3-4,7,10,13H,2,5-6H2,1H3,(H,14,15). The fourth-order valence-corrected chi connectivity index (χ4v) is 3.36. The van der Waals surface area contributed by atoms with Crippen molar-refractivity contribution in [2.24, 2.45) is 0 Å². The third-order valence-electron chi connectivity index (χ3n) is 2.88. The normalized spacial score (nSPS) is 15.6. The summed E-state index contributed by atoms with van der Waals surface area (Å²) in [6, 6.07) is 4.22. The summed E-state index contributed by atoms with van der Waals surface area (Å²) in [5.41, 5.74) is 0.622. The van der Waals surface area contributed by atoms with Crippen molar-refractivity contribution < 1.29 is 18.3 Å². The molecule has 2 N–H and O–H groups in total. The van der Waals surface area contributed by atoms with E-state index in [1.54, 1.807) is 6.07 Å². The zero-order valence-corrected chi connectivity index (χ0v) is 10.8. The van der Waals surface area contributed by atoms with Gasteiger partial charge in [0, 0.05) is 6.04 Å². The molecular formula is C12H15NO4S. The maximum atomic E-state index is 12.1. The minimum absolute atomic E-state index is 0.00758. The van der Waals surface area contributed by atoms with Gasteiger partial charge in [0.1, 0.15) is 0 Å². The Kier molecular flexibility index (Phi) is 3.41. The van der Waals surface area contributed by atoms with Crippen LogP contribution in [0.3, 0.4) is 0 Å². The van der Waals surface area contributed by atoms with Gasteiger partial charge in [-0.1, -0.05) is 13.0 Å². The number of rotatable bonds is 5. The Labute approximate surface area is 106 Å². The number of benzene rings is 1. The van der Waals surface area contributed by atoms with Crippen molar-refractivity contribution in [2.75, 3.05) is 0 Å². The lowest BCUT2D eigenvalue weighted by atomic mass is 10.1. The number of aromatic carboxylic acids is 1. The number of sulfonamides is 1. The molecular weight excluding hydrogens is 254 g/mol. The van der Waals surface area contributed by atoms with Crippen molar-refractivity contribution in [3.05, 3.63) is 29.3 Å². The lowest BCUT2D eigenvalue weighted by Gasteiger charge is -2.10. The molecule has 1 aromatic carbocycles. The molecule has 0 aromatic heterocycles. The Morgan fingerprint density at radius 2 is 2.11 bits per heavy atom. The fraction of sp³-hybridized carbons (Fsp3) is 0.417. The third kappa shape index (κ3) is 2.70. The van der Waals surface area contributed by atoms with Crippen molar-refractivity contribution in [3.8, 4) is 0 Å². The van der Waals surface area contributed by atoms with Gasteiger partial charge in [-0.15, -0.1) is 0 Å². The molecule has 1 aromatic rings. The molecule has 0 unspecified atom stereocenters. The maximum absolute atomic E-state index is 12.1. The second-order valence-corrected chi connectivity index (χ2v) is 6.06. The largest absolute Gasteiger partial charge is 0.478 e. The maximum Gasteiger partial charge on any atom is 0.335 e. The summed E-state index contributed by atoms with van der Waals surface area (Å²) >= 11 is 0. The van der Waals surface area contributed by atoms with Gasteiger partial charge in [-0.25, -0.2) is 17.9 Å². The number of hydrogen-bond acceptors (Lipinski definition) is 3. The molecule has 0 bridgehead atoms. The molecule has 0 heterocycles. The molecule has 0 aliphatic heterocycles. The number of hydrogen-bond donors (Lipinski definition) is 2. The number of carbonyl (C=O) groups is 1. The van der Waals surface area contributed by atoms with Gasteiger partial charge in [0.2, 0.25) is 10.0 Å². The Bertz CT molecular complexity index is 576. The SMILES string of the molecule is CCc1ccc(C(=O)O)cc1S(=O)(=O)NC1CC1. The number of carboxylic acids is 1. The highest BCUT2D eigenvalue weighted by molar-refractivity contribution is 7.89. The molecule has 2 rings (SSSR count).